The number of carbonyl (C=O) groups excluding carboxylic acids is 2. The number of benzene rings is 1. The smallest absolute Gasteiger partial charge is 0.329 e. The number of methoxy groups -OCH3 is 1. The van der Waals surface area contributed by atoms with Crippen molar-refractivity contribution in [3.05, 3.63) is 42.5 Å². The van der Waals surface area contributed by atoms with E-state index < -0.39 is 12.0 Å². The van der Waals surface area contributed by atoms with Crippen molar-refractivity contribution >= 4 is 11.9 Å². The van der Waals surface area contributed by atoms with Crippen LogP contribution in [0.5, 0.6) is 5.75 Å². The van der Waals surface area contributed by atoms with Crippen LogP contribution in [0, 0.1) is 5.92 Å². The van der Waals surface area contributed by atoms with E-state index in [0.29, 0.717) is 11.3 Å². The highest BCUT2D eigenvalue weighted by Crippen LogP contribution is 2.12. The molecule has 1 N–H and O–H groups in total. The van der Waals surface area contributed by atoms with Crippen LogP contribution in [0.1, 0.15) is 24.2 Å². The van der Waals surface area contributed by atoms with Gasteiger partial charge >= 0.3 is 5.97 Å². The molecule has 21 heavy (non-hydrogen) atoms. The van der Waals surface area contributed by atoms with Crippen LogP contribution in [-0.2, 0) is 9.53 Å². The average molecular weight is 291 g/mol. The van der Waals surface area contributed by atoms with E-state index in [-0.39, 0.29) is 18.4 Å². The highest BCUT2D eigenvalue weighted by molar-refractivity contribution is 5.96. The van der Waals surface area contributed by atoms with Crippen LogP contribution in [0.25, 0.3) is 0 Å². The zero-order valence-corrected chi connectivity index (χ0v) is 12.6. The Bertz CT molecular complexity index is 494. The minimum absolute atomic E-state index is 0.0792. The average Bonchev–Trinajstić information content (AvgIpc) is 2.49. The van der Waals surface area contributed by atoms with E-state index in [4.69, 9.17) is 9.47 Å². The van der Waals surface area contributed by atoms with Crippen molar-refractivity contribution in [2.24, 2.45) is 5.92 Å². The maximum absolute atomic E-state index is 12.2. The lowest BCUT2D eigenvalue weighted by Gasteiger charge is -2.20. The van der Waals surface area contributed by atoms with Crippen LogP contribution in [0.2, 0.25) is 0 Å². The number of rotatable bonds is 7. The van der Waals surface area contributed by atoms with E-state index >= 15 is 0 Å². The molecule has 0 saturated heterocycles. The Morgan fingerprint density at radius 1 is 1.29 bits per heavy atom. The minimum atomic E-state index is -0.695. The van der Waals surface area contributed by atoms with Crippen molar-refractivity contribution in [3.8, 4) is 5.75 Å². The molecule has 0 spiro atoms. The summed E-state index contributed by atoms with van der Waals surface area (Å²) in [7, 11) is 1.56. The standard InChI is InChI=1S/C16H21NO4/c1-5-10-21-16(19)14(11(2)3)17-15(18)12-6-8-13(20-4)9-7-12/h5-9,11,14H,1,10H2,2-4H3,(H,17,18)/t14-/m0/s1. The van der Waals surface area contributed by atoms with Crippen LogP contribution >= 0.6 is 0 Å². The van der Waals surface area contributed by atoms with Gasteiger partial charge in [-0.25, -0.2) is 4.79 Å². The predicted molar refractivity (Wildman–Crippen MR) is 80.2 cm³/mol. The fraction of sp³-hybridized carbons (Fsp3) is 0.375. The topological polar surface area (TPSA) is 64.6 Å². The lowest BCUT2D eigenvalue weighted by molar-refractivity contribution is -0.145. The van der Waals surface area contributed by atoms with Gasteiger partial charge in [0.25, 0.3) is 5.91 Å². The molecule has 0 bridgehead atoms. The molecule has 1 aromatic carbocycles. The van der Waals surface area contributed by atoms with Crippen molar-refractivity contribution in [3.63, 3.8) is 0 Å². The quantitative estimate of drug-likeness (QED) is 0.618. The van der Waals surface area contributed by atoms with Gasteiger partial charge in [-0.3, -0.25) is 4.79 Å². The molecule has 0 heterocycles. The molecule has 0 fully saturated rings. The van der Waals surface area contributed by atoms with Gasteiger partial charge in [-0.05, 0) is 30.2 Å². The van der Waals surface area contributed by atoms with Gasteiger partial charge in [-0.1, -0.05) is 26.5 Å². The molecule has 1 rings (SSSR count). The second-order valence-electron chi connectivity index (χ2n) is 4.84. The maximum atomic E-state index is 12.2. The number of nitrogens with one attached hydrogen (secondary N) is 1. The van der Waals surface area contributed by atoms with Crippen molar-refractivity contribution in [2.45, 2.75) is 19.9 Å². The molecule has 0 radical (unpaired) electrons. The summed E-state index contributed by atoms with van der Waals surface area (Å²) < 4.78 is 10.0. The van der Waals surface area contributed by atoms with E-state index in [9.17, 15) is 9.59 Å². The van der Waals surface area contributed by atoms with Crippen LogP contribution in [0.3, 0.4) is 0 Å². The lowest BCUT2D eigenvalue weighted by Crippen LogP contribution is -2.45. The Morgan fingerprint density at radius 3 is 2.38 bits per heavy atom. The third-order valence-corrected chi connectivity index (χ3v) is 2.90. The molecular weight excluding hydrogens is 270 g/mol. The van der Waals surface area contributed by atoms with E-state index in [1.807, 2.05) is 13.8 Å². The summed E-state index contributed by atoms with van der Waals surface area (Å²) in [6, 6.07) is 5.96. The number of esters is 1. The fourth-order valence-corrected chi connectivity index (χ4v) is 1.70. The minimum Gasteiger partial charge on any atom is -0.497 e. The number of hydrogen-bond donors (Lipinski definition) is 1. The Balaban J connectivity index is 2.75. The summed E-state index contributed by atoms with van der Waals surface area (Å²) >= 11 is 0. The van der Waals surface area contributed by atoms with Gasteiger partial charge < -0.3 is 14.8 Å². The van der Waals surface area contributed by atoms with Crippen LogP contribution in [-0.4, -0.2) is 31.6 Å². The highest BCUT2D eigenvalue weighted by Gasteiger charge is 2.25. The Labute approximate surface area is 124 Å². The van der Waals surface area contributed by atoms with Crippen LogP contribution in [0.4, 0.5) is 0 Å². The van der Waals surface area contributed by atoms with Crippen LogP contribution < -0.4 is 10.1 Å². The Hall–Kier alpha value is -2.30. The molecule has 0 aliphatic rings. The normalized spacial score (nSPS) is 11.6. The molecule has 1 atom stereocenters. The van der Waals surface area contributed by atoms with Crippen molar-refractivity contribution in [1.82, 2.24) is 5.32 Å². The second kappa shape index (κ2) is 8.09. The molecular formula is C16H21NO4. The monoisotopic (exact) mass is 291 g/mol. The number of hydrogen-bond acceptors (Lipinski definition) is 4. The molecule has 114 valence electrons. The van der Waals surface area contributed by atoms with E-state index in [1.54, 1.807) is 31.4 Å². The van der Waals surface area contributed by atoms with Gasteiger partial charge in [0.15, 0.2) is 0 Å². The summed E-state index contributed by atoms with van der Waals surface area (Å²) in [5, 5.41) is 2.69. The van der Waals surface area contributed by atoms with Crippen molar-refractivity contribution in [2.75, 3.05) is 13.7 Å². The van der Waals surface area contributed by atoms with Gasteiger partial charge in [0.1, 0.15) is 18.4 Å². The first-order valence-corrected chi connectivity index (χ1v) is 6.72. The van der Waals surface area contributed by atoms with Gasteiger partial charge in [-0.15, -0.1) is 0 Å². The molecule has 5 nitrogen and oxygen atoms in total. The Morgan fingerprint density at radius 2 is 1.90 bits per heavy atom. The summed E-state index contributed by atoms with van der Waals surface area (Å²) in [6.07, 6.45) is 1.49. The third-order valence-electron chi connectivity index (χ3n) is 2.90. The largest absolute Gasteiger partial charge is 0.497 e. The lowest BCUT2D eigenvalue weighted by atomic mass is 10.0. The fourth-order valence-electron chi connectivity index (χ4n) is 1.70. The number of carbonyl (C=O) groups is 2. The van der Waals surface area contributed by atoms with Gasteiger partial charge in [-0.2, -0.15) is 0 Å². The maximum Gasteiger partial charge on any atom is 0.329 e. The van der Waals surface area contributed by atoms with Gasteiger partial charge in [0, 0.05) is 5.56 Å². The van der Waals surface area contributed by atoms with E-state index in [2.05, 4.69) is 11.9 Å². The van der Waals surface area contributed by atoms with Crippen molar-refractivity contribution < 1.29 is 19.1 Å². The number of amides is 1. The summed E-state index contributed by atoms with van der Waals surface area (Å²) in [5.74, 6) is -0.208. The number of ether oxygens (including phenoxy) is 2. The summed E-state index contributed by atoms with van der Waals surface area (Å²) in [5.41, 5.74) is 0.456. The van der Waals surface area contributed by atoms with Gasteiger partial charge in [0.05, 0.1) is 7.11 Å². The molecule has 1 amide bonds. The molecule has 1 aromatic rings. The van der Waals surface area contributed by atoms with E-state index in [0.717, 1.165) is 0 Å². The zero-order chi connectivity index (χ0) is 15.8. The predicted octanol–water partition coefficient (Wildman–Crippen LogP) is 2.18. The first kappa shape index (κ1) is 16.8. The Kier molecular flexibility index (Phi) is 6.46. The highest BCUT2D eigenvalue weighted by atomic mass is 16.5. The SMILES string of the molecule is C=CCOC(=O)[C@@H](NC(=O)c1ccc(OC)cc1)C(C)C. The molecule has 0 unspecified atom stereocenters. The van der Waals surface area contributed by atoms with E-state index in [1.165, 1.54) is 6.08 Å². The first-order chi connectivity index (χ1) is 9.99. The molecule has 0 aliphatic heterocycles. The van der Waals surface area contributed by atoms with Crippen molar-refractivity contribution in [1.29, 1.82) is 0 Å². The first-order valence-electron chi connectivity index (χ1n) is 6.72. The van der Waals surface area contributed by atoms with Crippen LogP contribution in [0.15, 0.2) is 36.9 Å². The molecule has 0 aromatic heterocycles. The molecule has 0 aliphatic carbocycles. The molecule has 5 heteroatoms. The molecule has 0 saturated carbocycles. The zero-order valence-electron chi connectivity index (χ0n) is 12.6. The third kappa shape index (κ3) is 4.95. The summed E-state index contributed by atoms with van der Waals surface area (Å²) in [4.78, 5) is 24.1. The van der Waals surface area contributed by atoms with Gasteiger partial charge in [0.2, 0.25) is 0 Å². The second-order valence-corrected chi connectivity index (χ2v) is 4.84. The summed E-state index contributed by atoms with van der Waals surface area (Å²) in [6.45, 7) is 7.29.